The van der Waals surface area contributed by atoms with Crippen LogP contribution in [0.4, 0.5) is 50.0 Å². The predicted octanol–water partition coefficient (Wildman–Crippen LogP) is 7.93. The van der Waals surface area contributed by atoms with E-state index in [1.165, 1.54) is 6.92 Å². The van der Waals surface area contributed by atoms with Crippen molar-refractivity contribution in [1.82, 2.24) is 0 Å². The molecular weight excluding hydrogens is 561 g/mol. The van der Waals surface area contributed by atoms with Gasteiger partial charge in [-0.3, -0.25) is 9.69 Å². The molecule has 0 saturated heterocycles. The van der Waals surface area contributed by atoms with Crippen molar-refractivity contribution in [2.45, 2.75) is 63.1 Å². The fourth-order valence-electron chi connectivity index (χ4n) is 4.89. The topological polar surface area (TPSA) is 55.8 Å². The van der Waals surface area contributed by atoms with E-state index in [2.05, 4.69) is 0 Å². The molecule has 2 aromatic rings. The number of methoxy groups -OCH3 is 1. The molecule has 3 atom stereocenters. The smallest absolute Gasteiger partial charge is 0.416 e. The molecule has 0 bridgehead atoms. The molecule has 0 fully saturated rings. The Morgan fingerprint density at radius 3 is 1.88 bits per heavy atom. The van der Waals surface area contributed by atoms with Gasteiger partial charge in [0.25, 0.3) is 0 Å². The number of halogens is 9. The number of nitrogens with zero attached hydrogens (tertiary/aromatic N) is 1. The van der Waals surface area contributed by atoms with Gasteiger partial charge in [-0.05, 0) is 67.3 Å². The summed E-state index contributed by atoms with van der Waals surface area (Å²) in [6, 6.07) is 2.03. The Balaban J connectivity index is 2.36. The number of ether oxygens (including phenoxy) is 2. The molecule has 1 aliphatic rings. The molecule has 220 valence electrons. The van der Waals surface area contributed by atoms with E-state index in [0.29, 0.717) is 24.3 Å². The van der Waals surface area contributed by atoms with Gasteiger partial charge in [0.2, 0.25) is 0 Å². The van der Waals surface area contributed by atoms with E-state index in [9.17, 15) is 49.1 Å². The Labute approximate surface area is 222 Å². The van der Waals surface area contributed by atoms with Crippen molar-refractivity contribution in [1.29, 1.82) is 0 Å². The largest absolute Gasteiger partial charge is 0.469 e. The first-order chi connectivity index (χ1) is 18.4. The molecule has 0 aromatic heterocycles. The number of rotatable bonds is 5. The maximum atomic E-state index is 13.7. The van der Waals surface area contributed by atoms with Crippen molar-refractivity contribution in [3.8, 4) is 0 Å². The highest BCUT2D eigenvalue weighted by Crippen LogP contribution is 2.50. The van der Waals surface area contributed by atoms with E-state index in [4.69, 9.17) is 9.47 Å². The molecule has 0 aliphatic carbocycles. The lowest BCUT2D eigenvalue weighted by atomic mass is 9.73. The lowest BCUT2D eigenvalue weighted by Gasteiger charge is -2.42. The lowest BCUT2D eigenvalue weighted by Crippen LogP contribution is -2.46. The van der Waals surface area contributed by atoms with Gasteiger partial charge in [0.15, 0.2) is 0 Å². The molecule has 0 radical (unpaired) electrons. The number of carbonyl (C=O) groups is 2. The van der Waals surface area contributed by atoms with Gasteiger partial charge >= 0.3 is 30.6 Å². The summed E-state index contributed by atoms with van der Waals surface area (Å²) in [6.07, 6.45) is -16.4. The number of anilines is 1. The molecule has 1 aliphatic heterocycles. The van der Waals surface area contributed by atoms with Gasteiger partial charge in [0.05, 0.1) is 42.0 Å². The SMILES string of the molecule is CCOC(=O)N1c2ccc(C(F)(F)F)cc2C(C(C(=O)OC)c2cc(C(F)(F)F)cc(C(F)(F)F)c2)C[C@H]1CC. The van der Waals surface area contributed by atoms with Crippen LogP contribution in [0.3, 0.4) is 0 Å². The maximum absolute atomic E-state index is 13.7. The zero-order valence-corrected chi connectivity index (χ0v) is 21.3. The molecule has 5 nitrogen and oxygen atoms in total. The van der Waals surface area contributed by atoms with Crippen molar-refractivity contribution >= 4 is 17.7 Å². The molecule has 14 heteroatoms. The van der Waals surface area contributed by atoms with Gasteiger partial charge in [-0.1, -0.05) is 6.92 Å². The van der Waals surface area contributed by atoms with Crippen molar-refractivity contribution in [2.75, 3.05) is 18.6 Å². The third-order valence-electron chi connectivity index (χ3n) is 6.67. The Kier molecular flexibility index (Phi) is 8.70. The van der Waals surface area contributed by atoms with Crippen molar-refractivity contribution in [2.24, 2.45) is 0 Å². The molecular formula is C26H24F9NO4. The van der Waals surface area contributed by atoms with Gasteiger partial charge in [-0.25, -0.2) is 4.79 Å². The lowest BCUT2D eigenvalue weighted by molar-refractivity contribution is -0.146. The zero-order chi connectivity index (χ0) is 30.2. The number of amides is 1. The fourth-order valence-corrected chi connectivity index (χ4v) is 4.89. The van der Waals surface area contributed by atoms with Crippen LogP contribution < -0.4 is 4.90 Å². The number of carbonyl (C=O) groups excluding carboxylic acids is 2. The van der Waals surface area contributed by atoms with Gasteiger partial charge in [0.1, 0.15) is 0 Å². The van der Waals surface area contributed by atoms with Crippen LogP contribution in [0.1, 0.15) is 66.3 Å². The molecule has 0 spiro atoms. The molecule has 2 aromatic carbocycles. The quantitative estimate of drug-likeness (QED) is 0.264. The standard InChI is InChI=1S/C26H24F9NO4/c1-4-17-12-19(18-11-14(24(27,28)29)6-7-20(18)36(17)23(38)40-5-2)21(22(37)39-3)13-8-15(25(30,31)32)10-16(9-13)26(33,34)35/h6-11,17,19,21H,4-5,12H2,1-3H3/t17-,19?,21?/m1/s1. The van der Waals surface area contributed by atoms with E-state index < -0.39 is 70.7 Å². The molecule has 0 saturated carbocycles. The minimum absolute atomic E-state index is 0.0829. The summed E-state index contributed by atoms with van der Waals surface area (Å²) in [7, 11) is 0.853. The number of benzene rings is 2. The zero-order valence-electron chi connectivity index (χ0n) is 21.3. The first kappa shape index (κ1) is 31.1. The van der Waals surface area contributed by atoms with E-state index in [0.717, 1.165) is 18.1 Å². The number of esters is 1. The number of hydrogen-bond donors (Lipinski definition) is 0. The van der Waals surface area contributed by atoms with E-state index in [-0.39, 0.29) is 36.8 Å². The van der Waals surface area contributed by atoms with Crippen LogP contribution in [0.15, 0.2) is 36.4 Å². The van der Waals surface area contributed by atoms with E-state index >= 15 is 0 Å². The van der Waals surface area contributed by atoms with Crippen molar-refractivity contribution in [3.63, 3.8) is 0 Å². The summed E-state index contributed by atoms with van der Waals surface area (Å²) in [5.41, 5.74) is -5.75. The summed E-state index contributed by atoms with van der Waals surface area (Å²) in [6.45, 7) is 3.03. The Hall–Kier alpha value is -3.45. The van der Waals surface area contributed by atoms with E-state index in [1.54, 1.807) is 6.92 Å². The van der Waals surface area contributed by atoms with Gasteiger partial charge in [-0.15, -0.1) is 0 Å². The van der Waals surface area contributed by atoms with Crippen LogP contribution in [0.5, 0.6) is 0 Å². The predicted molar refractivity (Wildman–Crippen MR) is 124 cm³/mol. The number of hydrogen-bond acceptors (Lipinski definition) is 4. The molecule has 3 rings (SSSR count). The summed E-state index contributed by atoms with van der Waals surface area (Å²) in [5, 5.41) is 0. The van der Waals surface area contributed by atoms with Crippen molar-refractivity contribution in [3.05, 3.63) is 64.2 Å². The average molecular weight is 585 g/mol. The molecule has 1 amide bonds. The summed E-state index contributed by atoms with van der Waals surface area (Å²) < 4.78 is 132. The molecule has 2 unspecified atom stereocenters. The second kappa shape index (κ2) is 11.2. The molecule has 0 N–H and O–H groups in total. The third-order valence-corrected chi connectivity index (χ3v) is 6.67. The molecule has 1 heterocycles. The maximum Gasteiger partial charge on any atom is 0.416 e. The highest BCUT2D eigenvalue weighted by Gasteiger charge is 2.46. The van der Waals surface area contributed by atoms with Gasteiger partial charge < -0.3 is 9.47 Å². The summed E-state index contributed by atoms with van der Waals surface area (Å²) in [4.78, 5) is 26.9. The fraction of sp³-hybridized carbons (Fsp3) is 0.462. The summed E-state index contributed by atoms with van der Waals surface area (Å²) in [5.74, 6) is -4.54. The van der Waals surface area contributed by atoms with Crippen LogP contribution in [-0.4, -0.2) is 31.8 Å². The molecule has 40 heavy (non-hydrogen) atoms. The van der Waals surface area contributed by atoms with E-state index in [1.807, 2.05) is 0 Å². The van der Waals surface area contributed by atoms with Gasteiger partial charge in [-0.2, -0.15) is 39.5 Å². The van der Waals surface area contributed by atoms with Crippen LogP contribution in [0.2, 0.25) is 0 Å². The van der Waals surface area contributed by atoms with Gasteiger partial charge in [0, 0.05) is 12.0 Å². The Morgan fingerprint density at radius 1 is 0.875 bits per heavy atom. The monoisotopic (exact) mass is 585 g/mol. The van der Waals surface area contributed by atoms with Crippen LogP contribution in [0, 0.1) is 0 Å². The van der Waals surface area contributed by atoms with Crippen molar-refractivity contribution < 1.29 is 58.6 Å². The normalized spacial score (nSPS) is 18.6. The Bertz CT molecular complexity index is 1220. The third kappa shape index (κ3) is 6.30. The Morgan fingerprint density at radius 2 is 1.43 bits per heavy atom. The van der Waals surface area contributed by atoms with Crippen LogP contribution in [0.25, 0.3) is 0 Å². The average Bonchev–Trinajstić information content (AvgIpc) is 2.86. The first-order valence-electron chi connectivity index (χ1n) is 12.0. The number of alkyl halides is 9. The number of fused-ring (bicyclic) bond motifs is 1. The minimum atomic E-state index is -5.24. The first-order valence-corrected chi connectivity index (χ1v) is 12.0. The van der Waals surface area contributed by atoms with Crippen LogP contribution in [-0.2, 0) is 32.8 Å². The highest BCUT2D eigenvalue weighted by molar-refractivity contribution is 5.91. The minimum Gasteiger partial charge on any atom is -0.469 e. The second-order valence-electron chi connectivity index (χ2n) is 9.08. The highest BCUT2D eigenvalue weighted by atomic mass is 19.4. The summed E-state index contributed by atoms with van der Waals surface area (Å²) >= 11 is 0. The second-order valence-corrected chi connectivity index (χ2v) is 9.08. The van der Waals surface area contributed by atoms with Crippen LogP contribution >= 0.6 is 0 Å².